The van der Waals surface area contributed by atoms with Crippen LogP contribution in [0.1, 0.15) is 12.8 Å². The zero-order chi connectivity index (χ0) is 13.5. The van der Waals surface area contributed by atoms with Crippen LogP contribution < -0.4 is 4.74 Å². The molecule has 5 heteroatoms. The van der Waals surface area contributed by atoms with Crippen LogP contribution >= 0.6 is 12.6 Å². The summed E-state index contributed by atoms with van der Waals surface area (Å²) in [6, 6.07) is 9.52. The third-order valence-corrected chi connectivity index (χ3v) is 3.35. The van der Waals surface area contributed by atoms with E-state index < -0.39 is 0 Å². The summed E-state index contributed by atoms with van der Waals surface area (Å²) in [7, 11) is 0. The molecule has 1 unspecified atom stereocenters. The van der Waals surface area contributed by atoms with E-state index in [2.05, 4.69) is 12.6 Å². The molecule has 4 nitrogen and oxygen atoms in total. The first kappa shape index (κ1) is 14.2. The van der Waals surface area contributed by atoms with Gasteiger partial charge in [0.2, 0.25) is 5.91 Å². The highest BCUT2D eigenvalue weighted by molar-refractivity contribution is 7.80. The molecular weight excluding hydrogens is 262 g/mol. The van der Waals surface area contributed by atoms with Crippen molar-refractivity contribution in [3.8, 4) is 5.75 Å². The van der Waals surface area contributed by atoms with Crippen LogP contribution in [-0.2, 0) is 9.53 Å². The molecule has 1 heterocycles. The quantitative estimate of drug-likeness (QED) is 0.662. The molecule has 1 aromatic carbocycles. The van der Waals surface area contributed by atoms with Gasteiger partial charge in [0.05, 0.1) is 13.2 Å². The lowest BCUT2D eigenvalue weighted by Crippen LogP contribution is -2.40. The first-order chi connectivity index (χ1) is 9.25. The predicted octanol–water partition coefficient (Wildman–Crippen LogP) is 1.96. The average molecular weight is 281 g/mol. The summed E-state index contributed by atoms with van der Waals surface area (Å²) in [5, 5.41) is 0. The van der Waals surface area contributed by atoms with Gasteiger partial charge in [-0.15, -0.1) is 12.6 Å². The molecule has 0 bridgehead atoms. The first-order valence-corrected chi connectivity index (χ1v) is 7.02. The van der Waals surface area contributed by atoms with Gasteiger partial charge in [0.1, 0.15) is 11.2 Å². The molecule has 2 rings (SSSR count). The second-order valence-electron chi connectivity index (χ2n) is 4.42. The van der Waals surface area contributed by atoms with Crippen LogP contribution in [0.5, 0.6) is 5.75 Å². The summed E-state index contributed by atoms with van der Waals surface area (Å²) in [4.78, 5) is 13.8. The van der Waals surface area contributed by atoms with E-state index in [4.69, 9.17) is 9.47 Å². The van der Waals surface area contributed by atoms with Crippen LogP contribution in [0.3, 0.4) is 0 Å². The summed E-state index contributed by atoms with van der Waals surface area (Å²) in [6.07, 6.45) is 1.06. The first-order valence-electron chi connectivity index (χ1n) is 6.51. The van der Waals surface area contributed by atoms with Crippen molar-refractivity contribution >= 4 is 18.5 Å². The van der Waals surface area contributed by atoms with Gasteiger partial charge < -0.3 is 14.4 Å². The molecule has 19 heavy (non-hydrogen) atoms. The Labute approximate surface area is 119 Å². The number of hydrogen-bond acceptors (Lipinski definition) is 4. The fourth-order valence-electron chi connectivity index (χ4n) is 1.93. The summed E-state index contributed by atoms with van der Waals surface area (Å²) in [6.45, 7) is 2.65. The average Bonchev–Trinajstić information content (AvgIpc) is 2.47. The third-order valence-electron chi connectivity index (χ3n) is 2.98. The molecule has 0 spiro atoms. The van der Waals surface area contributed by atoms with Gasteiger partial charge in [-0.25, -0.2) is 0 Å². The molecule has 104 valence electrons. The number of nitrogens with zero attached hydrogens (tertiary/aromatic N) is 1. The standard InChI is InChI=1S/C14H19NO3S/c16-13(15-8-10-17-11-9-15)6-7-14(19)18-12-4-2-1-3-5-12/h1-5,14,19H,6-11H2. The highest BCUT2D eigenvalue weighted by Crippen LogP contribution is 2.16. The molecule has 1 aromatic rings. The lowest BCUT2D eigenvalue weighted by Gasteiger charge is -2.27. The normalized spacial score (nSPS) is 17.0. The summed E-state index contributed by atoms with van der Waals surface area (Å²) in [5.74, 6) is 0.931. The van der Waals surface area contributed by atoms with Crippen molar-refractivity contribution in [1.82, 2.24) is 4.90 Å². The summed E-state index contributed by atoms with van der Waals surface area (Å²) in [5.41, 5.74) is -0.257. The minimum atomic E-state index is -0.257. The van der Waals surface area contributed by atoms with E-state index in [1.807, 2.05) is 35.2 Å². The molecule has 1 saturated heterocycles. The second-order valence-corrected chi connectivity index (χ2v) is 4.99. The molecular formula is C14H19NO3S. The number of thiol groups is 1. The zero-order valence-corrected chi connectivity index (χ0v) is 11.7. The van der Waals surface area contributed by atoms with Gasteiger partial charge in [0, 0.05) is 25.9 Å². The Kier molecular flexibility index (Phi) is 5.54. The molecule has 0 N–H and O–H groups in total. The van der Waals surface area contributed by atoms with Crippen LogP contribution in [0.25, 0.3) is 0 Å². The Balaban J connectivity index is 1.71. The second kappa shape index (κ2) is 7.40. The summed E-state index contributed by atoms with van der Waals surface area (Å²) >= 11 is 4.36. The molecule has 1 amide bonds. The fourth-order valence-corrected chi connectivity index (χ4v) is 2.18. The van der Waals surface area contributed by atoms with Crippen molar-refractivity contribution in [3.63, 3.8) is 0 Å². The zero-order valence-electron chi connectivity index (χ0n) is 10.8. The third kappa shape index (κ3) is 4.76. The van der Waals surface area contributed by atoms with Crippen LogP contribution in [-0.4, -0.2) is 42.5 Å². The van der Waals surface area contributed by atoms with Crippen molar-refractivity contribution in [1.29, 1.82) is 0 Å². The van der Waals surface area contributed by atoms with Crippen molar-refractivity contribution in [2.75, 3.05) is 26.3 Å². The fraction of sp³-hybridized carbons (Fsp3) is 0.500. The Morgan fingerprint density at radius 3 is 2.68 bits per heavy atom. The molecule has 1 atom stereocenters. The van der Waals surface area contributed by atoms with E-state index in [1.165, 1.54) is 0 Å². The Morgan fingerprint density at radius 1 is 1.32 bits per heavy atom. The molecule has 1 fully saturated rings. The van der Waals surface area contributed by atoms with E-state index in [0.717, 1.165) is 5.75 Å². The van der Waals surface area contributed by atoms with E-state index in [0.29, 0.717) is 39.1 Å². The van der Waals surface area contributed by atoms with Crippen LogP contribution in [0.2, 0.25) is 0 Å². The molecule has 0 radical (unpaired) electrons. The number of rotatable bonds is 5. The van der Waals surface area contributed by atoms with Gasteiger partial charge in [-0.1, -0.05) is 18.2 Å². The van der Waals surface area contributed by atoms with Crippen molar-refractivity contribution in [3.05, 3.63) is 30.3 Å². The number of ether oxygens (including phenoxy) is 2. The SMILES string of the molecule is O=C(CCC(S)Oc1ccccc1)N1CCOCC1. The maximum absolute atomic E-state index is 11.9. The maximum Gasteiger partial charge on any atom is 0.222 e. The number of para-hydroxylation sites is 1. The Bertz CT molecular complexity index is 393. The molecule has 1 aliphatic rings. The van der Waals surface area contributed by atoms with Gasteiger partial charge >= 0.3 is 0 Å². The summed E-state index contributed by atoms with van der Waals surface area (Å²) < 4.78 is 10.8. The van der Waals surface area contributed by atoms with Gasteiger partial charge in [-0.2, -0.15) is 0 Å². The predicted molar refractivity (Wildman–Crippen MR) is 76.5 cm³/mol. The Morgan fingerprint density at radius 2 is 2.00 bits per heavy atom. The van der Waals surface area contributed by atoms with Crippen molar-refractivity contribution in [2.45, 2.75) is 18.3 Å². The smallest absolute Gasteiger partial charge is 0.222 e. The number of hydrogen-bond donors (Lipinski definition) is 1. The van der Waals surface area contributed by atoms with Crippen molar-refractivity contribution in [2.24, 2.45) is 0 Å². The number of carbonyl (C=O) groups is 1. The molecule has 0 saturated carbocycles. The minimum absolute atomic E-state index is 0.152. The van der Waals surface area contributed by atoms with Crippen LogP contribution in [0.4, 0.5) is 0 Å². The van der Waals surface area contributed by atoms with Gasteiger partial charge in [-0.05, 0) is 12.1 Å². The highest BCUT2D eigenvalue weighted by Gasteiger charge is 2.17. The maximum atomic E-state index is 11.9. The van der Waals surface area contributed by atoms with Crippen LogP contribution in [0, 0.1) is 0 Å². The van der Waals surface area contributed by atoms with E-state index >= 15 is 0 Å². The monoisotopic (exact) mass is 281 g/mol. The van der Waals surface area contributed by atoms with E-state index in [1.54, 1.807) is 0 Å². The molecule has 0 aliphatic carbocycles. The van der Waals surface area contributed by atoms with E-state index in [-0.39, 0.29) is 11.3 Å². The van der Waals surface area contributed by atoms with Gasteiger partial charge in [0.15, 0.2) is 0 Å². The number of amides is 1. The lowest BCUT2D eigenvalue weighted by atomic mass is 10.2. The Hall–Kier alpha value is -1.20. The highest BCUT2D eigenvalue weighted by atomic mass is 32.1. The topological polar surface area (TPSA) is 38.8 Å². The van der Waals surface area contributed by atoms with Crippen molar-refractivity contribution < 1.29 is 14.3 Å². The number of benzene rings is 1. The lowest BCUT2D eigenvalue weighted by molar-refractivity contribution is -0.135. The molecule has 0 aromatic heterocycles. The number of carbonyl (C=O) groups excluding carboxylic acids is 1. The number of morpholine rings is 1. The van der Waals surface area contributed by atoms with Crippen LogP contribution in [0.15, 0.2) is 30.3 Å². The van der Waals surface area contributed by atoms with Gasteiger partial charge in [-0.3, -0.25) is 4.79 Å². The largest absolute Gasteiger partial charge is 0.480 e. The molecule has 1 aliphatic heterocycles. The van der Waals surface area contributed by atoms with E-state index in [9.17, 15) is 4.79 Å². The minimum Gasteiger partial charge on any atom is -0.480 e. The van der Waals surface area contributed by atoms with Gasteiger partial charge in [0.25, 0.3) is 0 Å².